The molecule has 4 aromatic carbocycles. The highest BCUT2D eigenvalue weighted by Gasteiger charge is 2.14. The first-order chi connectivity index (χ1) is 13.2. The standard InChI is InChI=1S/C26H23N/c1-20-9-8-13-25(19-20)27(26-14-7-6-10-21(26)2)24-17-15-23(16-18-24)22-11-4-3-5-12-22/h3-19H,1-2H3. The lowest BCUT2D eigenvalue weighted by Gasteiger charge is -2.27. The van der Waals surface area contributed by atoms with Crippen LogP contribution in [0.15, 0.2) is 103 Å². The normalized spacial score (nSPS) is 10.6. The molecule has 0 heterocycles. The van der Waals surface area contributed by atoms with Crippen LogP contribution < -0.4 is 4.90 Å². The van der Waals surface area contributed by atoms with Crippen LogP contribution in [0, 0.1) is 13.8 Å². The van der Waals surface area contributed by atoms with Gasteiger partial charge >= 0.3 is 0 Å². The van der Waals surface area contributed by atoms with E-state index in [-0.39, 0.29) is 0 Å². The number of benzene rings is 4. The topological polar surface area (TPSA) is 3.24 Å². The smallest absolute Gasteiger partial charge is 0.0490 e. The molecule has 1 heteroatoms. The molecule has 27 heavy (non-hydrogen) atoms. The summed E-state index contributed by atoms with van der Waals surface area (Å²) in [4.78, 5) is 2.33. The maximum atomic E-state index is 2.33. The fourth-order valence-electron chi connectivity index (χ4n) is 3.44. The van der Waals surface area contributed by atoms with Crippen molar-refractivity contribution in [1.82, 2.24) is 0 Å². The van der Waals surface area contributed by atoms with Gasteiger partial charge < -0.3 is 4.90 Å². The molecule has 0 radical (unpaired) electrons. The monoisotopic (exact) mass is 349 g/mol. The van der Waals surface area contributed by atoms with Crippen molar-refractivity contribution in [3.8, 4) is 11.1 Å². The molecule has 0 bridgehead atoms. The Morgan fingerprint density at radius 3 is 1.89 bits per heavy atom. The quantitative estimate of drug-likeness (QED) is 0.370. The van der Waals surface area contributed by atoms with Crippen molar-refractivity contribution < 1.29 is 0 Å². The number of hydrogen-bond acceptors (Lipinski definition) is 1. The highest BCUT2D eigenvalue weighted by molar-refractivity contribution is 5.80. The predicted molar refractivity (Wildman–Crippen MR) is 116 cm³/mol. The Morgan fingerprint density at radius 1 is 0.519 bits per heavy atom. The minimum Gasteiger partial charge on any atom is -0.310 e. The van der Waals surface area contributed by atoms with E-state index in [9.17, 15) is 0 Å². The van der Waals surface area contributed by atoms with Crippen molar-refractivity contribution in [2.24, 2.45) is 0 Å². The molecule has 4 rings (SSSR count). The molecule has 4 aromatic rings. The molecular weight excluding hydrogens is 326 g/mol. The molecule has 0 unspecified atom stereocenters. The van der Waals surface area contributed by atoms with E-state index in [4.69, 9.17) is 0 Å². The van der Waals surface area contributed by atoms with Crippen molar-refractivity contribution in [2.45, 2.75) is 13.8 Å². The van der Waals surface area contributed by atoms with Gasteiger partial charge in [-0.05, 0) is 66.4 Å². The molecule has 0 atom stereocenters. The van der Waals surface area contributed by atoms with E-state index in [1.165, 1.54) is 33.6 Å². The van der Waals surface area contributed by atoms with Gasteiger partial charge in [0.05, 0.1) is 0 Å². The molecule has 0 aliphatic carbocycles. The lowest BCUT2D eigenvalue weighted by atomic mass is 10.0. The molecule has 132 valence electrons. The van der Waals surface area contributed by atoms with Gasteiger partial charge in [-0.3, -0.25) is 0 Å². The number of hydrogen-bond donors (Lipinski definition) is 0. The number of rotatable bonds is 4. The fraction of sp³-hybridized carbons (Fsp3) is 0.0769. The second-order valence-corrected chi connectivity index (χ2v) is 6.87. The summed E-state index contributed by atoms with van der Waals surface area (Å²) in [7, 11) is 0. The van der Waals surface area contributed by atoms with E-state index in [0.29, 0.717) is 0 Å². The Labute approximate surface area is 161 Å². The van der Waals surface area contributed by atoms with Gasteiger partial charge in [0, 0.05) is 17.1 Å². The maximum absolute atomic E-state index is 2.33. The molecule has 0 spiro atoms. The number of aryl methyl sites for hydroxylation is 2. The van der Waals surface area contributed by atoms with Gasteiger partial charge in [-0.1, -0.05) is 72.8 Å². The van der Waals surface area contributed by atoms with Gasteiger partial charge in [-0.25, -0.2) is 0 Å². The molecule has 1 nitrogen and oxygen atoms in total. The van der Waals surface area contributed by atoms with Crippen molar-refractivity contribution in [2.75, 3.05) is 4.90 Å². The third-order valence-electron chi connectivity index (χ3n) is 4.85. The zero-order valence-corrected chi connectivity index (χ0v) is 15.8. The molecule has 0 saturated heterocycles. The molecule has 0 N–H and O–H groups in total. The second kappa shape index (κ2) is 7.51. The van der Waals surface area contributed by atoms with Gasteiger partial charge in [0.15, 0.2) is 0 Å². The summed E-state index contributed by atoms with van der Waals surface area (Å²) in [6.07, 6.45) is 0. The Morgan fingerprint density at radius 2 is 1.19 bits per heavy atom. The van der Waals surface area contributed by atoms with Crippen LogP contribution in [0.4, 0.5) is 17.1 Å². The summed E-state index contributed by atoms with van der Waals surface area (Å²) in [5.41, 5.74) is 8.52. The number of nitrogens with zero attached hydrogens (tertiary/aromatic N) is 1. The minimum atomic E-state index is 1.16. The zero-order chi connectivity index (χ0) is 18.6. The van der Waals surface area contributed by atoms with Crippen LogP contribution in [-0.4, -0.2) is 0 Å². The van der Waals surface area contributed by atoms with Crippen LogP contribution in [0.3, 0.4) is 0 Å². The SMILES string of the molecule is Cc1cccc(N(c2ccc(-c3ccccc3)cc2)c2ccccc2C)c1. The molecule has 0 aliphatic heterocycles. The van der Waals surface area contributed by atoms with E-state index in [1.54, 1.807) is 0 Å². The number of anilines is 3. The van der Waals surface area contributed by atoms with Crippen molar-refractivity contribution in [3.63, 3.8) is 0 Å². The van der Waals surface area contributed by atoms with Gasteiger partial charge in [0.25, 0.3) is 0 Å². The van der Waals surface area contributed by atoms with Crippen molar-refractivity contribution in [1.29, 1.82) is 0 Å². The van der Waals surface area contributed by atoms with Crippen LogP contribution in [0.5, 0.6) is 0 Å². The van der Waals surface area contributed by atoms with E-state index >= 15 is 0 Å². The Hall–Kier alpha value is -3.32. The van der Waals surface area contributed by atoms with Crippen LogP contribution in [0.1, 0.15) is 11.1 Å². The average molecular weight is 349 g/mol. The first-order valence-corrected chi connectivity index (χ1v) is 9.30. The Bertz CT molecular complexity index is 1030. The van der Waals surface area contributed by atoms with Gasteiger partial charge in [-0.15, -0.1) is 0 Å². The summed E-state index contributed by atoms with van der Waals surface area (Å²) in [6, 6.07) is 36.5. The summed E-state index contributed by atoms with van der Waals surface area (Å²) in [5.74, 6) is 0. The third kappa shape index (κ3) is 3.63. The Balaban J connectivity index is 1.81. The number of para-hydroxylation sites is 1. The molecular formula is C26H23N. The summed E-state index contributed by atoms with van der Waals surface area (Å²) in [5, 5.41) is 0. The van der Waals surface area contributed by atoms with Crippen LogP contribution >= 0.6 is 0 Å². The van der Waals surface area contributed by atoms with Crippen LogP contribution in [0.25, 0.3) is 11.1 Å². The van der Waals surface area contributed by atoms with Crippen LogP contribution in [-0.2, 0) is 0 Å². The Kier molecular flexibility index (Phi) is 4.76. The second-order valence-electron chi connectivity index (χ2n) is 6.87. The highest BCUT2D eigenvalue weighted by Crippen LogP contribution is 2.37. The van der Waals surface area contributed by atoms with Gasteiger partial charge in [0.1, 0.15) is 0 Å². The summed E-state index contributed by atoms with van der Waals surface area (Å²) < 4.78 is 0. The van der Waals surface area contributed by atoms with Crippen molar-refractivity contribution in [3.05, 3.63) is 114 Å². The fourth-order valence-corrected chi connectivity index (χ4v) is 3.44. The maximum Gasteiger partial charge on any atom is 0.0490 e. The van der Waals surface area contributed by atoms with Gasteiger partial charge in [0.2, 0.25) is 0 Å². The first kappa shape index (κ1) is 17.1. The molecule has 0 fully saturated rings. The average Bonchev–Trinajstić information content (AvgIpc) is 2.71. The summed E-state index contributed by atoms with van der Waals surface area (Å²) >= 11 is 0. The lowest BCUT2D eigenvalue weighted by Crippen LogP contribution is -2.11. The van der Waals surface area contributed by atoms with Crippen molar-refractivity contribution >= 4 is 17.1 Å². The first-order valence-electron chi connectivity index (χ1n) is 9.30. The van der Waals surface area contributed by atoms with E-state index in [2.05, 4.69) is 122 Å². The lowest BCUT2D eigenvalue weighted by molar-refractivity contribution is 1.24. The molecule has 0 aromatic heterocycles. The summed E-state index contributed by atoms with van der Waals surface area (Å²) in [6.45, 7) is 4.30. The minimum absolute atomic E-state index is 1.16. The largest absolute Gasteiger partial charge is 0.310 e. The van der Waals surface area contributed by atoms with Gasteiger partial charge in [-0.2, -0.15) is 0 Å². The van der Waals surface area contributed by atoms with E-state index < -0.39 is 0 Å². The predicted octanol–water partition coefficient (Wildman–Crippen LogP) is 7.44. The molecule has 0 amide bonds. The molecule has 0 aliphatic rings. The third-order valence-corrected chi connectivity index (χ3v) is 4.85. The van der Waals surface area contributed by atoms with Crippen LogP contribution in [0.2, 0.25) is 0 Å². The van der Waals surface area contributed by atoms with E-state index in [0.717, 1.165) is 5.69 Å². The zero-order valence-electron chi connectivity index (χ0n) is 15.8. The highest BCUT2D eigenvalue weighted by atomic mass is 15.1. The van der Waals surface area contributed by atoms with E-state index in [1.807, 2.05) is 0 Å². The molecule has 0 saturated carbocycles.